The Hall–Kier alpha value is -0.610. The normalized spacial score (nSPS) is 26.2. The van der Waals surface area contributed by atoms with Crippen LogP contribution in [-0.2, 0) is 9.63 Å². The maximum absolute atomic E-state index is 11.0. The Bertz CT molecular complexity index is 159. The number of carbonyl (C=O) groups is 1. The van der Waals surface area contributed by atoms with Gasteiger partial charge in [-0.05, 0) is 20.3 Å². The van der Waals surface area contributed by atoms with Crippen molar-refractivity contribution in [1.29, 1.82) is 0 Å². The van der Waals surface area contributed by atoms with Gasteiger partial charge in [0.25, 0.3) is 0 Å². The van der Waals surface area contributed by atoms with Crippen LogP contribution in [0.25, 0.3) is 0 Å². The summed E-state index contributed by atoms with van der Waals surface area (Å²) in [5.74, 6) is -0.179. The molecule has 0 saturated carbocycles. The van der Waals surface area contributed by atoms with Crippen LogP contribution in [0.2, 0.25) is 0 Å². The average Bonchev–Trinajstić information content (AvgIpc) is 2.30. The van der Waals surface area contributed by atoms with Crippen LogP contribution in [0.4, 0.5) is 0 Å². The summed E-state index contributed by atoms with van der Waals surface area (Å²) in [4.78, 5) is 15.7. The molecule has 1 saturated heterocycles. The molecule has 1 heterocycles. The number of hydrogen-bond donors (Lipinski definition) is 1. The molecule has 1 unspecified atom stereocenters. The lowest BCUT2D eigenvalue weighted by molar-refractivity contribution is -0.144. The van der Waals surface area contributed by atoms with Crippen LogP contribution in [0.5, 0.6) is 0 Å². The Kier molecular flexibility index (Phi) is 2.46. The number of nitrogens with one attached hydrogen (secondary N) is 1. The number of hydrogen-bond acceptors (Lipinski definition) is 4. The highest BCUT2D eigenvalue weighted by Crippen LogP contribution is 2.12. The van der Waals surface area contributed by atoms with Crippen molar-refractivity contribution in [1.82, 2.24) is 10.6 Å². The maximum Gasteiger partial charge on any atom is 0.345 e. The summed E-state index contributed by atoms with van der Waals surface area (Å²) in [6.45, 7) is 5.99. The molecule has 1 aliphatic rings. The zero-order chi connectivity index (χ0) is 8.43. The van der Waals surface area contributed by atoms with E-state index in [-0.39, 0.29) is 18.1 Å². The zero-order valence-electron chi connectivity index (χ0n) is 7.13. The molecular weight excluding hydrogens is 144 g/mol. The highest BCUT2D eigenvalue weighted by Gasteiger charge is 2.34. The second kappa shape index (κ2) is 3.19. The molecule has 4 nitrogen and oxygen atoms in total. The van der Waals surface area contributed by atoms with E-state index in [9.17, 15) is 4.79 Å². The van der Waals surface area contributed by atoms with Crippen LogP contribution in [0, 0.1) is 0 Å². The van der Waals surface area contributed by atoms with Crippen molar-refractivity contribution in [2.24, 2.45) is 0 Å². The molecule has 0 bridgehead atoms. The van der Waals surface area contributed by atoms with Crippen molar-refractivity contribution in [2.45, 2.75) is 39.3 Å². The van der Waals surface area contributed by atoms with Crippen molar-refractivity contribution in [3.05, 3.63) is 0 Å². The van der Waals surface area contributed by atoms with E-state index in [2.05, 4.69) is 10.4 Å². The van der Waals surface area contributed by atoms with Gasteiger partial charge < -0.3 is 4.84 Å². The summed E-state index contributed by atoms with van der Waals surface area (Å²) < 4.78 is 0. The molecule has 0 radical (unpaired) electrons. The lowest BCUT2D eigenvalue weighted by atomic mass is 10.2. The second-order valence-electron chi connectivity index (χ2n) is 2.94. The van der Waals surface area contributed by atoms with Gasteiger partial charge in [0, 0.05) is 6.04 Å². The summed E-state index contributed by atoms with van der Waals surface area (Å²) in [6.07, 6.45) is 0.782. The summed E-state index contributed by atoms with van der Waals surface area (Å²) in [5, 5.41) is 1.82. The van der Waals surface area contributed by atoms with E-state index in [1.807, 2.05) is 25.8 Å². The number of nitrogens with zero attached hydrogens (tertiary/aromatic N) is 1. The van der Waals surface area contributed by atoms with Gasteiger partial charge in [-0.3, -0.25) is 0 Å². The summed E-state index contributed by atoms with van der Waals surface area (Å²) >= 11 is 0. The van der Waals surface area contributed by atoms with Crippen LogP contribution in [0.1, 0.15) is 27.2 Å². The molecule has 4 heteroatoms. The van der Waals surface area contributed by atoms with Crippen molar-refractivity contribution in [3.63, 3.8) is 0 Å². The maximum atomic E-state index is 11.0. The second-order valence-corrected chi connectivity index (χ2v) is 2.94. The van der Waals surface area contributed by atoms with Crippen molar-refractivity contribution in [3.8, 4) is 0 Å². The van der Waals surface area contributed by atoms with Crippen LogP contribution >= 0.6 is 0 Å². The molecule has 0 aromatic rings. The molecule has 0 aromatic heterocycles. The van der Waals surface area contributed by atoms with Crippen LogP contribution in [-0.4, -0.2) is 23.1 Å². The molecule has 1 rings (SSSR count). The molecular formula is C7H14N2O2. The Morgan fingerprint density at radius 1 is 1.73 bits per heavy atom. The third-order valence-corrected chi connectivity index (χ3v) is 1.80. The highest BCUT2D eigenvalue weighted by atomic mass is 16.7. The Balaban J connectivity index is 2.61. The van der Waals surface area contributed by atoms with Gasteiger partial charge >= 0.3 is 5.97 Å². The molecule has 64 valence electrons. The molecule has 1 aliphatic heterocycles. The Morgan fingerprint density at radius 3 is 2.73 bits per heavy atom. The number of carbonyl (C=O) groups excluding carboxylic acids is 1. The molecule has 11 heavy (non-hydrogen) atoms. The number of hydrazine groups is 1. The molecule has 0 aromatic carbocycles. The minimum atomic E-state index is -0.179. The monoisotopic (exact) mass is 158 g/mol. The van der Waals surface area contributed by atoms with E-state index in [1.54, 1.807) is 0 Å². The lowest BCUT2D eigenvalue weighted by Gasteiger charge is -2.21. The van der Waals surface area contributed by atoms with E-state index in [4.69, 9.17) is 0 Å². The minimum absolute atomic E-state index is 0.116. The predicted molar refractivity (Wildman–Crippen MR) is 40.3 cm³/mol. The van der Waals surface area contributed by atoms with E-state index in [0.717, 1.165) is 6.42 Å². The van der Waals surface area contributed by atoms with E-state index in [0.29, 0.717) is 0 Å². The van der Waals surface area contributed by atoms with Crippen molar-refractivity contribution in [2.75, 3.05) is 0 Å². The lowest BCUT2D eigenvalue weighted by Crippen LogP contribution is -2.42. The first-order valence-electron chi connectivity index (χ1n) is 3.91. The Morgan fingerprint density at radius 2 is 2.36 bits per heavy atom. The quantitative estimate of drug-likeness (QED) is 0.633. The average molecular weight is 158 g/mol. The van der Waals surface area contributed by atoms with Gasteiger partial charge in [0.2, 0.25) is 0 Å². The van der Waals surface area contributed by atoms with Crippen molar-refractivity contribution < 1.29 is 9.63 Å². The molecule has 0 spiro atoms. The first-order chi connectivity index (χ1) is 5.16. The van der Waals surface area contributed by atoms with Gasteiger partial charge in [-0.1, -0.05) is 12.5 Å². The first-order valence-corrected chi connectivity index (χ1v) is 3.91. The fourth-order valence-electron chi connectivity index (χ4n) is 1.17. The molecule has 1 N–H and O–H groups in total. The van der Waals surface area contributed by atoms with Crippen molar-refractivity contribution >= 4 is 5.97 Å². The van der Waals surface area contributed by atoms with Gasteiger partial charge in [0.15, 0.2) is 0 Å². The molecule has 0 aliphatic carbocycles. The van der Waals surface area contributed by atoms with E-state index in [1.165, 1.54) is 0 Å². The smallest absolute Gasteiger partial charge is 0.345 e. The molecule has 1 atom stereocenters. The van der Waals surface area contributed by atoms with Gasteiger partial charge in [0.1, 0.15) is 6.04 Å². The van der Waals surface area contributed by atoms with Gasteiger partial charge in [-0.2, -0.15) is 5.01 Å². The summed E-state index contributed by atoms with van der Waals surface area (Å²) in [6, 6.07) is 0.168. The van der Waals surface area contributed by atoms with Crippen LogP contribution in [0.15, 0.2) is 0 Å². The number of rotatable bonds is 2. The van der Waals surface area contributed by atoms with Gasteiger partial charge in [-0.25, -0.2) is 4.79 Å². The summed E-state index contributed by atoms with van der Waals surface area (Å²) in [7, 11) is 0. The molecule has 1 fully saturated rings. The zero-order valence-corrected chi connectivity index (χ0v) is 7.13. The fourth-order valence-corrected chi connectivity index (χ4v) is 1.17. The highest BCUT2D eigenvalue weighted by molar-refractivity contribution is 5.76. The largest absolute Gasteiger partial charge is 0.354 e. The van der Waals surface area contributed by atoms with Crippen LogP contribution in [0.3, 0.4) is 0 Å². The van der Waals surface area contributed by atoms with Gasteiger partial charge in [0.05, 0.1) is 0 Å². The molecule has 0 amide bonds. The third kappa shape index (κ3) is 1.52. The predicted octanol–water partition coefficient (Wildman–Crippen LogP) is 0.452. The summed E-state index contributed by atoms with van der Waals surface area (Å²) in [5.41, 5.74) is 2.59. The standard InChI is InChI=1S/C7H14N2O2/c1-4-6-7(10)11-8-9(6)5(2)3/h5-6,8H,4H2,1-3H3. The van der Waals surface area contributed by atoms with Crippen LogP contribution < -0.4 is 5.59 Å². The fraction of sp³-hybridized carbons (Fsp3) is 0.857. The minimum Gasteiger partial charge on any atom is -0.354 e. The van der Waals surface area contributed by atoms with E-state index < -0.39 is 0 Å². The van der Waals surface area contributed by atoms with Gasteiger partial charge in [-0.15, -0.1) is 0 Å². The Labute approximate surface area is 66.4 Å². The topological polar surface area (TPSA) is 41.6 Å². The SMILES string of the molecule is CCC1C(=O)ONN1C(C)C. The third-order valence-electron chi connectivity index (χ3n) is 1.80. The van der Waals surface area contributed by atoms with E-state index >= 15 is 0 Å². The first kappa shape index (κ1) is 8.49.